The van der Waals surface area contributed by atoms with Gasteiger partial charge in [-0.25, -0.2) is 14.1 Å². The summed E-state index contributed by atoms with van der Waals surface area (Å²) in [6.07, 6.45) is 6.79. The van der Waals surface area contributed by atoms with Crippen LogP contribution >= 0.6 is 0 Å². The van der Waals surface area contributed by atoms with E-state index in [-0.39, 0.29) is 5.82 Å². The highest BCUT2D eigenvalue weighted by molar-refractivity contribution is 5.94. The molecule has 1 N–H and O–H groups in total. The summed E-state index contributed by atoms with van der Waals surface area (Å²) in [4.78, 5) is 12.1. The van der Waals surface area contributed by atoms with Crippen LogP contribution in [-0.2, 0) is 13.6 Å². The number of nitrogens with zero attached hydrogens (tertiary/aromatic N) is 8. The van der Waals surface area contributed by atoms with Crippen LogP contribution in [-0.4, -0.2) is 44.3 Å². The molecule has 9 nitrogen and oxygen atoms in total. The number of aryl methyl sites for hydroxylation is 1. The van der Waals surface area contributed by atoms with Crippen molar-refractivity contribution < 1.29 is 4.39 Å². The number of H-pyrrole nitrogens is 1. The highest BCUT2D eigenvalue weighted by Crippen LogP contribution is 2.29. The lowest BCUT2D eigenvalue weighted by Gasteiger charge is -2.03. The smallest absolute Gasteiger partial charge is 0.250 e. The standard InChI is InChI=1S/C17H14FN9/c1-25-17(20-10-22-25)27-16(23-15(24-27)9-26-6-2-5-21-26)13-8-19-14-7-11(18)3-4-12(13)14/h2-8,10,19H,9H2,1H3. The number of hydrogen-bond acceptors (Lipinski definition) is 5. The van der Waals surface area contributed by atoms with Gasteiger partial charge in [0.2, 0.25) is 0 Å². The van der Waals surface area contributed by atoms with Crippen molar-refractivity contribution >= 4 is 10.9 Å². The van der Waals surface area contributed by atoms with Gasteiger partial charge in [-0.05, 0) is 24.3 Å². The fourth-order valence-electron chi connectivity index (χ4n) is 3.04. The lowest BCUT2D eigenvalue weighted by molar-refractivity contribution is 0.629. The molecule has 0 saturated heterocycles. The third-order valence-corrected chi connectivity index (χ3v) is 4.28. The summed E-state index contributed by atoms with van der Waals surface area (Å²) in [5.74, 6) is 1.39. The van der Waals surface area contributed by atoms with Gasteiger partial charge < -0.3 is 4.98 Å². The Kier molecular flexibility index (Phi) is 3.35. The quantitative estimate of drug-likeness (QED) is 0.526. The summed E-state index contributed by atoms with van der Waals surface area (Å²) in [6.45, 7) is 0.418. The minimum Gasteiger partial charge on any atom is -0.360 e. The van der Waals surface area contributed by atoms with Crippen LogP contribution in [0.1, 0.15) is 5.82 Å². The zero-order valence-corrected chi connectivity index (χ0v) is 14.3. The molecule has 0 aliphatic rings. The Morgan fingerprint density at radius 3 is 2.93 bits per heavy atom. The first-order valence-electron chi connectivity index (χ1n) is 8.24. The SMILES string of the molecule is Cn1ncnc1-n1nc(Cn2cccn2)nc1-c1c[nH]c2cc(F)ccc12. The van der Waals surface area contributed by atoms with Gasteiger partial charge in [0.15, 0.2) is 11.6 Å². The van der Waals surface area contributed by atoms with Crippen LogP contribution in [0.2, 0.25) is 0 Å². The molecule has 27 heavy (non-hydrogen) atoms. The number of rotatable bonds is 4. The normalized spacial score (nSPS) is 11.5. The average Bonchev–Trinajstić information content (AvgIpc) is 3.41. The summed E-state index contributed by atoms with van der Waals surface area (Å²) in [5, 5.41) is 13.8. The molecule has 0 amide bonds. The van der Waals surface area contributed by atoms with Crippen LogP contribution in [0, 0.1) is 5.82 Å². The molecule has 0 saturated carbocycles. The van der Waals surface area contributed by atoms with E-state index >= 15 is 0 Å². The van der Waals surface area contributed by atoms with Gasteiger partial charge in [0.1, 0.15) is 18.7 Å². The zero-order chi connectivity index (χ0) is 18.4. The van der Waals surface area contributed by atoms with Crippen LogP contribution in [0.4, 0.5) is 4.39 Å². The molecule has 0 bridgehead atoms. The molecule has 10 heteroatoms. The van der Waals surface area contributed by atoms with Gasteiger partial charge in [0.25, 0.3) is 5.95 Å². The predicted molar refractivity (Wildman–Crippen MR) is 94.5 cm³/mol. The fourth-order valence-corrected chi connectivity index (χ4v) is 3.04. The zero-order valence-electron chi connectivity index (χ0n) is 14.3. The maximum atomic E-state index is 13.5. The summed E-state index contributed by atoms with van der Waals surface area (Å²) in [5.41, 5.74) is 1.48. The van der Waals surface area contributed by atoms with E-state index in [0.29, 0.717) is 29.7 Å². The van der Waals surface area contributed by atoms with Gasteiger partial charge in [-0.15, -0.1) is 5.10 Å². The molecular weight excluding hydrogens is 349 g/mol. The van der Waals surface area contributed by atoms with Crippen LogP contribution in [0.25, 0.3) is 28.2 Å². The van der Waals surface area contributed by atoms with E-state index < -0.39 is 0 Å². The van der Waals surface area contributed by atoms with Crippen molar-refractivity contribution in [3.05, 3.63) is 60.8 Å². The van der Waals surface area contributed by atoms with Crippen molar-refractivity contribution in [2.75, 3.05) is 0 Å². The molecule has 0 spiro atoms. The van der Waals surface area contributed by atoms with Crippen LogP contribution in [0.15, 0.2) is 49.2 Å². The van der Waals surface area contributed by atoms with Crippen molar-refractivity contribution in [1.82, 2.24) is 44.3 Å². The van der Waals surface area contributed by atoms with Crippen LogP contribution in [0.3, 0.4) is 0 Å². The van der Waals surface area contributed by atoms with Gasteiger partial charge in [-0.2, -0.15) is 19.9 Å². The monoisotopic (exact) mass is 363 g/mol. The molecule has 1 aromatic carbocycles. The van der Waals surface area contributed by atoms with E-state index in [4.69, 9.17) is 4.98 Å². The highest BCUT2D eigenvalue weighted by Gasteiger charge is 2.20. The molecule has 0 atom stereocenters. The minimum atomic E-state index is -0.301. The number of nitrogens with one attached hydrogen (secondary N) is 1. The van der Waals surface area contributed by atoms with E-state index in [1.165, 1.54) is 18.5 Å². The second-order valence-electron chi connectivity index (χ2n) is 6.04. The minimum absolute atomic E-state index is 0.301. The Balaban J connectivity index is 1.69. The number of benzene rings is 1. The molecule has 0 aliphatic carbocycles. The number of aromatic nitrogens is 9. The highest BCUT2D eigenvalue weighted by atomic mass is 19.1. The van der Waals surface area contributed by atoms with Gasteiger partial charge in [0.05, 0.1) is 0 Å². The predicted octanol–water partition coefficient (Wildman–Crippen LogP) is 1.93. The van der Waals surface area contributed by atoms with E-state index in [1.807, 2.05) is 12.3 Å². The van der Waals surface area contributed by atoms with Crippen LogP contribution < -0.4 is 0 Å². The first-order valence-corrected chi connectivity index (χ1v) is 8.24. The molecule has 0 aliphatic heterocycles. The van der Waals surface area contributed by atoms with Crippen molar-refractivity contribution in [2.45, 2.75) is 6.54 Å². The van der Waals surface area contributed by atoms with Gasteiger partial charge in [-0.1, -0.05) is 0 Å². The molecule has 4 heterocycles. The van der Waals surface area contributed by atoms with Crippen molar-refractivity contribution in [1.29, 1.82) is 0 Å². The van der Waals surface area contributed by atoms with Gasteiger partial charge in [0, 0.05) is 42.1 Å². The summed E-state index contributed by atoms with van der Waals surface area (Å²) in [6, 6.07) is 6.44. The second kappa shape index (κ2) is 5.87. The molecule has 5 rings (SSSR count). The second-order valence-corrected chi connectivity index (χ2v) is 6.04. The Bertz CT molecular complexity index is 1230. The third kappa shape index (κ3) is 2.58. The van der Waals surface area contributed by atoms with E-state index in [9.17, 15) is 4.39 Å². The topological polar surface area (TPSA) is 95.0 Å². The molecule has 5 aromatic rings. The maximum Gasteiger partial charge on any atom is 0.250 e. The first-order chi connectivity index (χ1) is 13.2. The third-order valence-electron chi connectivity index (χ3n) is 4.28. The van der Waals surface area contributed by atoms with E-state index in [0.717, 1.165) is 10.9 Å². The molecular formula is C17H14FN9. The summed E-state index contributed by atoms with van der Waals surface area (Å²) >= 11 is 0. The van der Waals surface area contributed by atoms with Crippen molar-refractivity contribution in [3.8, 4) is 17.3 Å². The van der Waals surface area contributed by atoms with Crippen LogP contribution in [0.5, 0.6) is 0 Å². The van der Waals surface area contributed by atoms with Gasteiger partial charge in [-0.3, -0.25) is 4.68 Å². The van der Waals surface area contributed by atoms with Gasteiger partial charge >= 0.3 is 0 Å². The molecule has 4 aromatic heterocycles. The Morgan fingerprint density at radius 1 is 1.22 bits per heavy atom. The van der Waals surface area contributed by atoms with E-state index in [1.54, 1.807) is 39.6 Å². The number of hydrogen-bond donors (Lipinski definition) is 1. The molecule has 134 valence electrons. The maximum absolute atomic E-state index is 13.5. The van der Waals surface area contributed by atoms with E-state index in [2.05, 4.69) is 25.3 Å². The van der Waals surface area contributed by atoms with Crippen molar-refractivity contribution in [3.63, 3.8) is 0 Å². The number of halogens is 1. The first kappa shape index (κ1) is 15.4. The Labute approximate surface area is 152 Å². The fraction of sp³-hybridized carbons (Fsp3) is 0.118. The molecule has 0 radical (unpaired) electrons. The Hall–Kier alpha value is -3.82. The lowest BCUT2D eigenvalue weighted by atomic mass is 10.1. The summed E-state index contributed by atoms with van der Waals surface area (Å²) < 4.78 is 18.5. The molecule has 0 unspecified atom stereocenters. The largest absolute Gasteiger partial charge is 0.360 e. The number of fused-ring (bicyclic) bond motifs is 1. The van der Waals surface area contributed by atoms with Crippen molar-refractivity contribution in [2.24, 2.45) is 7.05 Å². The summed E-state index contributed by atoms with van der Waals surface area (Å²) in [7, 11) is 1.78. The lowest BCUT2D eigenvalue weighted by Crippen LogP contribution is -2.08. The number of aromatic amines is 1. The average molecular weight is 363 g/mol. The Morgan fingerprint density at radius 2 is 2.15 bits per heavy atom. The molecule has 0 fully saturated rings.